The smallest absolute Gasteiger partial charge is 0.163 e. The van der Waals surface area contributed by atoms with Crippen molar-refractivity contribution in [1.82, 2.24) is 0 Å². The predicted molar refractivity (Wildman–Crippen MR) is 45.0 cm³/mol. The maximum absolute atomic E-state index is 13.1. The Hall–Kier alpha value is -1.22. The average Bonchev–Trinajstić information content (AvgIpc) is 2.49. The highest BCUT2D eigenvalue weighted by Crippen LogP contribution is 2.27. The molecule has 2 nitrogen and oxygen atoms in total. The van der Waals surface area contributed by atoms with Crippen LogP contribution in [0.3, 0.4) is 0 Å². The fourth-order valence-electron chi connectivity index (χ4n) is 1.75. The number of Topliss-reactive ketones (excluding diaryl/α,β-unsaturated/α-hetero) is 1. The lowest BCUT2D eigenvalue weighted by molar-refractivity contribution is 0.0991. The zero-order valence-electron chi connectivity index (χ0n) is 7.01. The van der Waals surface area contributed by atoms with E-state index in [0.29, 0.717) is 18.4 Å². The van der Waals surface area contributed by atoms with E-state index in [0.717, 1.165) is 5.56 Å². The summed E-state index contributed by atoms with van der Waals surface area (Å²) in [5.74, 6) is -0.546. The van der Waals surface area contributed by atoms with Gasteiger partial charge in [0, 0.05) is 17.5 Å². The van der Waals surface area contributed by atoms with E-state index in [2.05, 4.69) is 0 Å². The van der Waals surface area contributed by atoms with Gasteiger partial charge >= 0.3 is 0 Å². The van der Waals surface area contributed by atoms with Crippen molar-refractivity contribution < 1.29 is 14.3 Å². The highest BCUT2D eigenvalue weighted by molar-refractivity contribution is 6.01. The quantitative estimate of drug-likeness (QED) is 0.710. The summed E-state index contributed by atoms with van der Waals surface area (Å²) in [6.07, 6.45) is 1.10. The summed E-state index contributed by atoms with van der Waals surface area (Å²) in [5.41, 5.74) is 1.41. The van der Waals surface area contributed by atoms with Gasteiger partial charge < -0.3 is 5.11 Å². The van der Waals surface area contributed by atoms with Crippen LogP contribution in [0.5, 0.6) is 0 Å². The minimum atomic E-state index is -0.489. The van der Waals surface area contributed by atoms with E-state index < -0.39 is 12.4 Å². The lowest BCUT2D eigenvalue weighted by atomic mass is 10.0. The molecular formula is C10H9FO2. The number of hydrogen-bond acceptors (Lipinski definition) is 2. The summed E-state index contributed by atoms with van der Waals surface area (Å²) in [4.78, 5) is 11.3. The first kappa shape index (κ1) is 8.38. The number of benzene rings is 1. The number of aryl methyl sites for hydroxylation is 1. The van der Waals surface area contributed by atoms with E-state index in [1.54, 1.807) is 6.07 Å². The Morgan fingerprint density at radius 3 is 2.85 bits per heavy atom. The molecule has 13 heavy (non-hydrogen) atoms. The molecule has 1 aliphatic rings. The molecule has 0 unspecified atom stereocenters. The maximum Gasteiger partial charge on any atom is 0.163 e. The van der Waals surface area contributed by atoms with Gasteiger partial charge in [0.1, 0.15) is 5.82 Å². The van der Waals surface area contributed by atoms with Gasteiger partial charge in [-0.05, 0) is 18.1 Å². The first-order chi connectivity index (χ1) is 6.24. The van der Waals surface area contributed by atoms with Gasteiger partial charge in [-0.1, -0.05) is 6.07 Å². The molecule has 0 saturated carbocycles. The van der Waals surface area contributed by atoms with Crippen LogP contribution < -0.4 is 0 Å². The van der Waals surface area contributed by atoms with Crippen LogP contribution in [0.25, 0.3) is 0 Å². The molecule has 1 aliphatic carbocycles. The van der Waals surface area contributed by atoms with Crippen molar-refractivity contribution >= 4 is 5.78 Å². The number of aliphatic hydroxyl groups is 1. The van der Waals surface area contributed by atoms with Gasteiger partial charge in [-0.3, -0.25) is 4.79 Å². The first-order valence-corrected chi connectivity index (χ1v) is 4.18. The molecule has 2 rings (SSSR count). The molecule has 0 aromatic heterocycles. The summed E-state index contributed by atoms with van der Waals surface area (Å²) < 4.78 is 13.1. The fourth-order valence-corrected chi connectivity index (χ4v) is 1.75. The number of halogens is 1. The molecule has 1 aromatic carbocycles. The van der Waals surface area contributed by atoms with Crippen LogP contribution >= 0.6 is 0 Å². The van der Waals surface area contributed by atoms with E-state index in [-0.39, 0.29) is 11.3 Å². The van der Waals surface area contributed by atoms with Crippen molar-refractivity contribution in [3.63, 3.8) is 0 Å². The highest BCUT2D eigenvalue weighted by Gasteiger charge is 2.24. The number of ketones is 1. The molecule has 1 aromatic rings. The number of rotatable bonds is 1. The topological polar surface area (TPSA) is 37.3 Å². The molecule has 3 heteroatoms. The van der Waals surface area contributed by atoms with Gasteiger partial charge in [0.15, 0.2) is 5.78 Å². The van der Waals surface area contributed by atoms with Crippen LogP contribution in [0.1, 0.15) is 27.9 Å². The predicted octanol–water partition coefficient (Wildman–Crippen LogP) is 1.45. The van der Waals surface area contributed by atoms with Crippen LogP contribution in [0.4, 0.5) is 4.39 Å². The van der Waals surface area contributed by atoms with Crippen molar-refractivity contribution in [2.75, 3.05) is 0 Å². The summed E-state index contributed by atoms with van der Waals surface area (Å²) >= 11 is 0. The first-order valence-electron chi connectivity index (χ1n) is 4.18. The van der Waals surface area contributed by atoms with Gasteiger partial charge in [0.05, 0.1) is 6.61 Å². The molecule has 0 fully saturated rings. The van der Waals surface area contributed by atoms with Crippen molar-refractivity contribution in [1.29, 1.82) is 0 Å². The normalized spacial score (nSPS) is 14.8. The van der Waals surface area contributed by atoms with Crippen LogP contribution in [0.15, 0.2) is 12.1 Å². The van der Waals surface area contributed by atoms with E-state index >= 15 is 0 Å². The second-order valence-electron chi connectivity index (χ2n) is 3.14. The molecular weight excluding hydrogens is 171 g/mol. The van der Waals surface area contributed by atoms with E-state index in [9.17, 15) is 9.18 Å². The van der Waals surface area contributed by atoms with Crippen LogP contribution in [-0.4, -0.2) is 10.9 Å². The number of carbonyl (C=O) groups excluding carboxylic acids is 1. The SMILES string of the molecule is O=C1CCc2ccc(F)c(CO)c21. The van der Waals surface area contributed by atoms with Crippen LogP contribution in [0.2, 0.25) is 0 Å². The fraction of sp³-hybridized carbons (Fsp3) is 0.300. The number of fused-ring (bicyclic) bond motifs is 1. The van der Waals surface area contributed by atoms with Crippen LogP contribution in [-0.2, 0) is 13.0 Å². The van der Waals surface area contributed by atoms with Crippen molar-refractivity contribution in [2.45, 2.75) is 19.4 Å². The van der Waals surface area contributed by atoms with E-state index in [1.807, 2.05) is 0 Å². The molecule has 0 heterocycles. The van der Waals surface area contributed by atoms with Gasteiger partial charge in [0.25, 0.3) is 0 Å². The third kappa shape index (κ3) is 1.16. The zero-order valence-corrected chi connectivity index (χ0v) is 7.01. The highest BCUT2D eigenvalue weighted by atomic mass is 19.1. The third-order valence-corrected chi connectivity index (χ3v) is 2.40. The molecule has 0 bridgehead atoms. The Morgan fingerprint density at radius 2 is 2.15 bits per heavy atom. The number of hydrogen-bond donors (Lipinski definition) is 1. The molecule has 0 amide bonds. The average molecular weight is 180 g/mol. The second-order valence-corrected chi connectivity index (χ2v) is 3.14. The summed E-state index contributed by atoms with van der Waals surface area (Å²) in [5, 5.41) is 8.91. The minimum absolute atomic E-state index is 0.0569. The maximum atomic E-state index is 13.1. The summed E-state index contributed by atoms with van der Waals surface area (Å²) in [7, 11) is 0. The summed E-state index contributed by atoms with van der Waals surface area (Å²) in [6, 6.07) is 2.93. The molecule has 1 N–H and O–H groups in total. The Labute approximate surface area is 75.0 Å². The second kappa shape index (κ2) is 2.92. The standard InChI is InChI=1S/C10H9FO2/c11-8-3-1-6-2-4-9(13)10(6)7(8)5-12/h1,3,12H,2,4-5H2. The van der Waals surface area contributed by atoms with Crippen molar-refractivity contribution in [2.24, 2.45) is 0 Å². The molecule has 68 valence electrons. The Kier molecular flexibility index (Phi) is 1.88. The molecule has 0 atom stereocenters. The van der Waals surface area contributed by atoms with Crippen molar-refractivity contribution in [3.05, 3.63) is 34.6 Å². The van der Waals surface area contributed by atoms with Gasteiger partial charge in [-0.15, -0.1) is 0 Å². The van der Waals surface area contributed by atoms with E-state index in [1.165, 1.54) is 6.07 Å². The molecule has 0 spiro atoms. The lowest BCUT2D eigenvalue weighted by Crippen LogP contribution is -2.02. The molecule has 0 saturated heterocycles. The van der Waals surface area contributed by atoms with Crippen molar-refractivity contribution in [3.8, 4) is 0 Å². The zero-order chi connectivity index (χ0) is 9.42. The van der Waals surface area contributed by atoms with E-state index in [4.69, 9.17) is 5.11 Å². The van der Waals surface area contributed by atoms with Crippen LogP contribution in [0, 0.1) is 5.82 Å². The Balaban J connectivity index is 2.67. The monoisotopic (exact) mass is 180 g/mol. The number of aliphatic hydroxyl groups excluding tert-OH is 1. The Bertz CT molecular complexity index is 371. The summed E-state index contributed by atoms with van der Waals surface area (Å²) in [6.45, 7) is -0.402. The molecule has 0 aliphatic heterocycles. The lowest BCUT2D eigenvalue weighted by Gasteiger charge is -2.05. The third-order valence-electron chi connectivity index (χ3n) is 2.40. The van der Waals surface area contributed by atoms with Gasteiger partial charge in [-0.25, -0.2) is 4.39 Å². The molecule has 0 radical (unpaired) electrons. The Morgan fingerprint density at radius 1 is 1.38 bits per heavy atom. The number of carbonyl (C=O) groups is 1. The van der Waals surface area contributed by atoms with Gasteiger partial charge in [0.2, 0.25) is 0 Å². The largest absolute Gasteiger partial charge is 0.392 e. The minimum Gasteiger partial charge on any atom is -0.392 e. The van der Waals surface area contributed by atoms with Gasteiger partial charge in [-0.2, -0.15) is 0 Å².